The molecule has 2 N–H and O–H groups in total. The van der Waals surface area contributed by atoms with E-state index in [1.807, 2.05) is 52.8 Å². The highest BCUT2D eigenvalue weighted by Crippen LogP contribution is 2.28. The largest absolute Gasteiger partial charge is 0.478 e. The lowest BCUT2D eigenvalue weighted by molar-refractivity contribution is -0.149. The van der Waals surface area contributed by atoms with Crippen LogP contribution in [0.15, 0.2) is 42.0 Å². The van der Waals surface area contributed by atoms with Gasteiger partial charge in [-0.15, -0.1) is 0 Å². The van der Waals surface area contributed by atoms with E-state index in [4.69, 9.17) is 4.74 Å². The van der Waals surface area contributed by atoms with Gasteiger partial charge in [0, 0.05) is 19.7 Å². The molecule has 1 aromatic carbocycles. The van der Waals surface area contributed by atoms with E-state index >= 15 is 0 Å². The molecule has 0 saturated heterocycles. The fourth-order valence-corrected chi connectivity index (χ4v) is 3.44. The van der Waals surface area contributed by atoms with Crippen LogP contribution in [0.5, 0.6) is 0 Å². The molecule has 2 amide bonds. The Kier molecular flexibility index (Phi) is 9.21. The Morgan fingerprint density at radius 3 is 2.03 bits per heavy atom. The summed E-state index contributed by atoms with van der Waals surface area (Å²) in [5.74, 6) is -1.78. The average Bonchev–Trinajstić information content (AvgIpc) is 2.73. The minimum atomic E-state index is -1.28. The molecule has 1 aromatic rings. The number of methoxy groups -OCH3 is 1. The molecule has 1 unspecified atom stereocenters. The molecule has 0 radical (unpaired) electrons. The molecule has 0 aliphatic rings. The molecule has 7 heteroatoms. The van der Waals surface area contributed by atoms with Crippen LogP contribution in [0.3, 0.4) is 0 Å². The van der Waals surface area contributed by atoms with E-state index < -0.39 is 35.0 Å². The van der Waals surface area contributed by atoms with Gasteiger partial charge in [0.05, 0.1) is 6.04 Å². The minimum Gasteiger partial charge on any atom is -0.478 e. The third kappa shape index (κ3) is 6.42. The van der Waals surface area contributed by atoms with Crippen molar-refractivity contribution >= 4 is 17.8 Å². The van der Waals surface area contributed by atoms with Crippen molar-refractivity contribution in [2.24, 2.45) is 11.3 Å². The predicted octanol–water partition coefficient (Wildman–Crippen LogP) is 3.59. The molecule has 0 fully saturated rings. The highest BCUT2D eigenvalue weighted by atomic mass is 16.5. The maximum atomic E-state index is 13.6. The van der Waals surface area contributed by atoms with Crippen LogP contribution in [0.2, 0.25) is 0 Å². The lowest BCUT2D eigenvalue weighted by atomic mass is 9.84. The van der Waals surface area contributed by atoms with E-state index in [0.29, 0.717) is 5.56 Å². The Morgan fingerprint density at radius 2 is 1.62 bits per heavy atom. The Labute approximate surface area is 191 Å². The van der Waals surface area contributed by atoms with Gasteiger partial charge in [-0.2, -0.15) is 0 Å². The number of ether oxygens (including phenoxy) is 1. The predicted molar refractivity (Wildman–Crippen MR) is 125 cm³/mol. The summed E-state index contributed by atoms with van der Waals surface area (Å²) >= 11 is 0. The Morgan fingerprint density at radius 1 is 1.09 bits per heavy atom. The van der Waals surface area contributed by atoms with Crippen LogP contribution in [0.1, 0.15) is 54.0 Å². The van der Waals surface area contributed by atoms with Crippen LogP contribution >= 0.6 is 0 Å². The number of carbonyl (C=O) groups is 3. The Hall–Kier alpha value is -2.67. The van der Waals surface area contributed by atoms with E-state index in [1.54, 1.807) is 32.2 Å². The molecule has 0 aliphatic carbocycles. The Balaban J connectivity index is 3.30. The van der Waals surface area contributed by atoms with Gasteiger partial charge in [-0.25, -0.2) is 4.79 Å². The monoisotopic (exact) mass is 446 g/mol. The molecule has 32 heavy (non-hydrogen) atoms. The molecule has 178 valence electrons. The SMILES string of the molecule is COC(C)(C(=O)N[C@H](C(=O)N(C)[C@H](/C=C(\C)C(=O)O)C(C)C)C(C)(C)C)c1ccccc1. The van der Waals surface area contributed by atoms with Crippen LogP contribution in [0.4, 0.5) is 0 Å². The van der Waals surface area contributed by atoms with Gasteiger partial charge in [-0.3, -0.25) is 9.59 Å². The summed E-state index contributed by atoms with van der Waals surface area (Å²) in [5.41, 5.74) is -1.04. The van der Waals surface area contributed by atoms with Crippen molar-refractivity contribution in [2.45, 2.75) is 66.2 Å². The first-order chi connectivity index (χ1) is 14.7. The van der Waals surface area contributed by atoms with Gasteiger partial charge in [-0.1, -0.05) is 71.0 Å². The van der Waals surface area contributed by atoms with Gasteiger partial charge in [0.25, 0.3) is 5.91 Å². The highest BCUT2D eigenvalue weighted by molar-refractivity contribution is 5.92. The first-order valence-electron chi connectivity index (χ1n) is 10.8. The number of carboxylic acids is 1. The lowest BCUT2D eigenvalue weighted by Gasteiger charge is -2.39. The number of nitrogens with one attached hydrogen (secondary N) is 1. The average molecular weight is 447 g/mol. The molecular weight excluding hydrogens is 408 g/mol. The number of aliphatic carboxylic acids is 1. The summed E-state index contributed by atoms with van der Waals surface area (Å²) in [6.45, 7) is 12.6. The van der Waals surface area contributed by atoms with Crippen molar-refractivity contribution < 1.29 is 24.2 Å². The molecule has 0 heterocycles. The molecular formula is C25H38N2O5. The number of nitrogens with zero attached hydrogens (tertiary/aromatic N) is 1. The third-order valence-corrected chi connectivity index (χ3v) is 5.79. The number of carbonyl (C=O) groups excluding carboxylic acids is 2. The summed E-state index contributed by atoms with van der Waals surface area (Å²) in [6, 6.07) is 7.82. The van der Waals surface area contributed by atoms with Gasteiger partial charge in [0.15, 0.2) is 5.60 Å². The fraction of sp³-hybridized carbons (Fsp3) is 0.560. The van der Waals surface area contributed by atoms with Crippen LogP contribution in [0, 0.1) is 11.3 Å². The number of amides is 2. The molecule has 0 saturated carbocycles. The maximum absolute atomic E-state index is 13.6. The summed E-state index contributed by atoms with van der Waals surface area (Å²) < 4.78 is 5.59. The van der Waals surface area contributed by atoms with E-state index in [-0.39, 0.29) is 17.4 Å². The number of hydrogen-bond donors (Lipinski definition) is 2. The second kappa shape index (κ2) is 10.8. The zero-order chi connectivity index (χ0) is 24.9. The Bertz CT molecular complexity index is 842. The van der Waals surface area contributed by atoms with Crippen LogP contribution in [-0.4, -0.2) is 54.0 Å². The lowest BCUT2D eigenvalue weighted by Crippen LogP contribution is -2.59. The third-order valence-electron chi connectivity index (χ3n) is 5.79. The van der Waals surface area contributed by atoms with Crippen molar-refractivity contribution in [3.05, 3.63) is 47.5 Å². The summed E-state index contributed by atoms with van der Waals surface area (Å²) in [6.07, 6.45) is 1.58. The molecule has 0 aromatic heterocycles. The van der Waals surface area contributed by atoms with E-state index in [9.17, 15) is 19.5 Å². The second-order valence-electron chi connectivity index (χ2n) is 9.71. The molecule has 0 aliphatic heterocycles. The van der Waals surface area contributed by atoms with Gasteiger partial charge >= 0.3 is 5.97 Å². The number of benzene rings is 1. The molecule has 3 atom stereocenters. The van der Waals surface area contributed by atoms with Gasteiger partial charge in [-0.05, 0) is 30.7 Å². The first kappa shape index (κ1) is 27.4. The summed E-state index contributed by atoms with van der Waals surface area (Å²) in [7, 11) is 3.09. The van der Waals surface area contributed by atoms with Gasteiger partial charge in [0.1, 0.15) is 6.04 Å². The molecule has 1 rings (SSSR count). The standard InChI is InChI=1S/C25H38N2O5/c1-16(2)19(15-17(3)22(29)30)27(8)21(28)20(24(4,5)6)26-23(31)25(7,32-9)18-13-11-10-12-14-18/h10-16,19-20H,1-9H3,(H,26,31)(H,29,30)/b17-15+/t19-,20-,25?/m1/s1. The minimum absolute atomic E-state index is 0.0249. The van der Waals surface area contributed by atoms with E-state index in [1.165, 1.54) is 18.9 Å². The topological polar surface area (TPSA) is 95.9 Å². The highest BCUT2D eigenvalue weighted by Gasteiger charge is 2.42. The van der Waals surface area contributed by atoms with Crippen molar-refractivity contribution in [2.75, 3.05) is 14.2 Å². The zero-order valence-corrected chi connectivity index (χ0v) is 20.7. The molecule has 7 nitrogen and oxygen atoms in total. The number of hydrogen-bond acceptors (Lipinski definition) is 4. The maximum Gasteiger partial charge on any atom is 0.331 e. The second-order valence-corrected chi connectivity index (χ2v) is 9.71. The van der Waals surface area contributed by atoms with Crippen LogP contribution in [-0.2, 0) is 24.7 Å². The fourth-order valence-electron chi connectivity index (χ4n) is 3.44. The number of likely N-dealkylation sites (N-methyl/N-ethyl adjacent to an activating group) is 1. The van der Waals surface area contributed by atoms with Crippen molar-refractivity contribution in [1.82, 2.24) is 10.2 Å². The normalized spacial score (nSPS) is 16.1. The van der Waals surface area contributed by atoms with Crippen molar-refractivity contribution in [3.8, 4) is 0 Å². The summed E-state index contributed by atoms with van der Waals surface area (Å²) in [5, 5.41) is 12.2. The summed E-state index contributed by atoms with van der Waals surface area (Å²) in [4.78, 5) is 39.8. The molecule has 0 bridgehead atoms. The van der Waals surface area contributed by atoms with Gasteiger partial charge in [0.2, 0.25) is 5.91 Å². The van der Waals surface area contributed by atoms with Crippen LogP contribution < -0.4 is 5.32 Å². The van der Waals surface area contributed by atoms with E-state index in [2.05, 4.69) is 5.32 Å². The van der Waals surface area contributed by atoms with Gasteiger partial charge < -0.3 is 20.1 Å². The first-order valence-corrected chi connectivity index (χ1v) is 10.8. The molecule has 0 spiro atoms. The number of rotatable bonds is 9. The zero-order valence-electron chi connectivity index (χ0n) is 20.7. The van der Waals surface area contributed by atoms with Crippen molar-refractivity contribution in [3.63, 3.8) is 0 Å². The van der Waals surface area contributed by atoms with Crippen LogP contribution in [0.25, 0.3) is 0 Å². The smallest absolute Gasteiger partial charge is 0.331 e. The number of carboxylic acid groups (broad SMARTS) is 1. The quantitative estimate of drug-likeness (QED) is 0.565. The van der Waals surface area contributed by atoms with E-state index in [0.717, 1.165) is 0 Å². The van der Waals surface area contributed by atoms with Crippen molar-refractivity contribution in [1.29, 1.82) is 0 Å².